The van der Waals surface area contributed by atoms with Gasteiger partial charge in [0.15, 0.2) is 0 Å². The number of amides is 2. The number of aliphatic hydroxyl groups is 2. The van der Waals surface area contributed by atoms with Gasteiger partial charge in [-0.15, -0.1) is 0 Å². The Labute approximate surface area is 148 Å². The lowest BCUT2D eigenvalue weighted by molar-refractivity contribution is -0.137. The molecule has 25 heavy (non-hydrogen) atoms. The highest BCUT2D eigenvalue weighted by atomic mass is 35.5. The Balaban J connectivity index is 1.80. The maximum atomic E-state index is 13.4. The first-order chi connectivity index (χ1) is 11.7. The number of carbonyl (C=O) groups is 2. The Morgan fingerprint density at radius 2 is 2.04 bits per heavy atom. The topological polar surface area (TPSA) is 87.1 Å². The number of hydrogen-bond acceptors (Lipinski definition) is 5. The summed E-state index contributed by atoms with van der Waals surface area (Å²) < 4.78 is 19.4. The van der Waals surface area contributed by atoms with Crippen LogP contribution in [0.1, 0.15) is 19.8 Å². The second-order valence-electron chi connectivity index (χ2n) is 7.13. The van der Waals surface area contributed by atoms with Gasteiger partial charge in [0, 0.05) is 19.4 Å². The molecular weight excluding hydrogens is 353 g/mol. The molecule has 5 atom stereocenters. The van der Waals surface area contributed by atoms with Gasteiger partial charge in [-0.25, -0.2) is 9.29 Å². The largest absolute Gasteiger partial charge is 0.396 e. The van der Waals surface area contributed by atoms with Crippen LogP contribution in [0, 0.1) is 17.7 Å². The fraction of sp³-hybridized carbons (Fsp3) is 0.529. The van der Waals surface area contributed by atoms with Crippen LogP contribution in [0.25, 0.3) is 0 Å². The summed E-state index contributed by atoms with van der Waals surface area (Å²) in [4.78, 5) is 27.0. The number of fused-ring (bicyclic) bond motifs is 5. The van der Waals surface area contributed by atoms with E-state index >= 15 is 0 Å². The van der Waals surface area contributed by atoms with Crippen molar-refractivity contribution in [3.63, 3.8) is 0 Å². The van der Waals surface area contributed by atoms with Gasteiger partial charge in [-0.1, -0.05) is 11.6 Å². The summed E-state index contributed by atoms with van der Waals surface area (Å²) in [5.74, 6) is -3.25. The minimum Gasteiger partial charge on any atom is -0.396 e. The van der Waals surface area contributed by atoms with Crippen LogP contribution in [-0.4, -0.2) is 45.9 Å². The standard InChI is InChI=1S/C17H17ClFNO5/c1-16-7-11(22)17(25-16,4-5-21)13-12(16)14(23)20(15(13)24)8-2-3-10(19)9(18)6-8/h2-3,6,11-13,21-22H,4-5,7H2,1H3/t11-,12?,13?,16+,17-/m0/s1. The molecule has 0 aliphatic carbocycles. The van der Waals surface area contributed by atoms with Crippen LogP contribution in [0.5, 0.6) is 0 Å². The molecule has 0 spiro atoms. The van der Waals surface area contributed by atoms with E-state index in [1.54, 1.807) is 6.92 Å². The zero-order valence-corrected chi connectivity index (χ0v) is 14.2. The van der Waals surface area contributed by atoms with Crippen LogP contribution in [0.4, 0.5) is 10.1 Å². The molecule has 8 heteroatoms. The van der Waals surface area contributed by atoms with Crippen molar-refractivity contribution in [1.29, 1.82) is 0 Å². The van der Waals surface area contributed by atoms with E-state index in [-0.39, 0.29) is 30.2 Å². The molecule has 0 aromatic heterocycles. The number of benzene rings is 1. The lowest BCUT2D eigenvalue weighted by Gasteiger charge is -2.34. The van der Waals surface area contributed by atoms with Gasteiger partial charge in [-0.2, -0.15) is 0 Å². The van der Waals surface area contributed by atoms with Crippen molar-refractivity contribution >= 4 is 29.1 Å². The summed E-state index contributed by atoms with van der Waals surface area (Å²) in [6, 6.07) is 3.64. The zero-order valence-electron chi connectivity index (χ0n) is 13.4. The predicted octanol–water partition coefficient (Wildman–Crippen LogP) is 1.26. The molecular formula is C17H17ClFNO5. The van der Waals surface area contributed by atoms with Crippen LogP contribution in [0.15, 0.2) is 18.2 Å². The molecule has 2 bridgehead atoms. The molecule has 3 aliphatic rings. The predicted molar refractivity (Wildman–Crippen MR) is 85.4 cm³/mol. The van der Waals surface area contributed by atoms with E-state index in [2.05, 4.69) is 0 Å². The molecule has 0 radical (unpaired) electrons. The molecule has 2 N–H and O–H groups in total. The number of carbonyl (C=O) groups excluding carboxylic acids is 2. The smallest absolute Gasteiger partial charge is 0.240 e. The molecule has 2 unspecified atom stereocenters. The zero-order chi connectivity index (χ0) is 18.1. The normalized spacial score (nSPS) is 39.4. The quantitative estimate of drug-likeness (QED) is 0.783. The molecule has 0 saturated carbocycles. The van der Waals surface area contributed by atoms with Crippen molar-refractivity contribution in [3.05, 3.63) is 29.0 Å². The molecule has 4 rings (SSSR count). The van der Waals surface area contributed by atoms with Gasteiger partial charge < -0.3 is 14.9 Å². The van der Waals surface area contributed by atoms with Crippen LogP contribution in [0.2, 0.25) is 5.02 Å². The lowest BCUT2D eigenvalue weighted by atomic mass is 9.66. The van der Waals surface area contributed by atoms with Gasteiger partial charge in [0.1, 0.15) is 11.4 Å². The van der Waals surface area contributed by atoms with E-state index in [1.165, 1.54) is 12.1 Å². The maximum absolute atomic E-state index is 13.4. The van der Waals surface area contributed by atoms with Gasteiger partial charge in [-0.05, 0) is 25.1 Å². The maximum Gasteiger partial charge on any atom is 0.240 e. The fourth-order valence-electron chi connectivity index (χ4n) is 4.76. The molecule has 3 heterocycles. The fourth-order valence-corrected chi connectivity index (χ4v) is 4.94. The third kappa shape index (κ3) is 2.01. The van der Waals surface area contributed by atoms with Gasteiger partial charge in [0.25, 0.3) is 0 Å². The minimum atomic E-state index is -1.28. The van der Waals surface area contributed by atoms with Crippen molar-refractivity contribution in [2.24, 2.45) is 11.8 Å². The number of halogens is 2. The van der Waals surface area contributed by atoms with Crippen molar-refractivity contribution < 1.29 is 28.9 Å². The van der Waals surface area contributed by atoms with Crippen LogP contribution in [0.3, 0.4) is 0 Å². The summed E-state index contributed by atoms with van der Waals surface area (Å²) >= 11 is 5.78. The SMILES string of the molecule is C[C@]12C[C@H](O)[C@](CCO)(O1)C1C(=O)N(c3ccc(F)c(Cl)c3)C(=O)C12. The first-order valence-electron chi connectivity index (χ1n) is 8.07. The summed E-state index contributed by atoms with van der Waals surface area (Å²) in [6.45, 7) is 1.42. The second kappa shape index (κ2) is 5.23. The summed E-state index contributed by atoms with van der Waals surface area (Å²) in [5, 5.41) is 19.7. The Bertz CT molecular complexity index is 788. The van der Waals surface area contributed by atoms with Gasteiger partial charge in [0.05, 0.1) is 34.3 Å². The van der Waals surface area contributed by atoms with E-state index in [9.17, 15) is 24.2 Å². The molecule has 3 aliphatic heterocycles. The number of nitrogens with zero attached hydrogens (tertiary/aromatic N) is 1. The van der Waals surface area contributed by atoms with Crippen molar-refractivity contribution in [2.75, 3.05) is 11.5 Å². The number of ether oxygens (including phenoxy) is 1. The number of rotatable bonds is 3. The Hall–Kier alpha value is -1.54. The van der Waals surface area contributed by atoms with Crippen LogP contribution >= 0.6 is 11.6 Å². The first kappa shape index (κ1) is 16.9. The molecule has 3 fully saturated rings. The van der Waals surface area contributed by atoms with E-state index < -0.39 is 46.8 Å². The van der Waals surface area contributed by atoms with Crippen LogP contribution < -0.4 is 4.90 Å². The highest BCUT2D eigenvalue weighted by molar-refractivity contribution is 6.31. The lowest BCUT2D eigenvalue weighted by Crippen LogP contribution is -2.51. The number of hydrogen-bond donors (Lipinski definition) is 2. The van der Waals surface area contributed by atoms with E-state index in [1.807, 2.05) is 0 Å². The summed E-state index contributed by atoms with van der Waals surface area (Å²) in [6.07, 6.45) is -0.674. The van der Waals surface area contributed by atoms with E-state index in [0.717, 1.165) is 11.0 Å². The first-order valence-corrected chi connectivity index (χ1v) is 8.45. The molecule has 3 saturated heterocycles. The van der Waals surface area contributed by atoms with Gasteiger partial charge >= 0.3 is 0 Å². The summed E-state index contributed by atoms with van der Waals surface area (Å²) in [5.41, 5.74) is -2.07. The third-order valence-electron chi connectivity index (χ3n) is 5.74. The van der Waals surface area contributed by atoms with Crippen molar-refractivity contribution in [3.8, 4) is 0 Å². The monoisotopic (exact) mass is 369 g/mol. The van der Waals surface area contributed by atoms with Crippen molar-refractivity contribution in [2.45, 2.75) is 37.1 Å². The van der Waals surface area contributed by atoms with E-state index in [4.69, 9.17) is 16.3 Å². The van der Waals surface area contributed by atoms with Gasteiger partial charge in [0.2, 0.25) is 11.8 Å². The Kier molecular flexibility index (Phi) is 3.54. The molecule has 1 aromatic carbocycles. The second-order valence-corrected chi connectivity index (χ2v) is 7.54. The number of anilines is 1. The Morgan fingerprint density at radius 1 is 1.36 bits per heavy atom. The summed E-state index contributed by atoms with van der Waals surface area (Å²) in [7, 11) is 0. The van der Waals surface area contributed by atoms with E-state index in [0.29, 0.717) is 0 Å². The Morgan fingerprint density at radius 3 is 2.68 bits per heavy atom. The molecule has 134 valence electrons. The highest BCUT2D eigenvalue weighted by Gasteiger charge is 2.77. The molecule has 1 aromatic rings. The number of aliphatic hydroxyl groups excluding tert-OH is 2. The molecule has 2 amide bonds. The van der Waals surface area contributed by atoms with Gasteiger partial charge in [-0.3, -0.25) is 9.59 Å². The van der Waals surface area contributed by atoms with Crippen LogP contribution in [-0.2, 0) is 14.3 Å². The van der Waals surface area contributed by atoms with Crippen molar-refractivity contribution in [1.82, 2.24) is 0 Å². The molecule has 6 nitrogen and oxygen atoms in total. The number of imide groups is 1. The third-order valence-corrected chi connectivity index (χ3v) is 6.03. The average molecular weight is 370 g/mol. The highest BCUT2D eigenvalue weighted by Crippen LogP contribution is 2.62. The average Bonchev–Trinajstić information content (AvgIpc) is 3.06. The minimum absolute atomic E-state index is 0.0575.